The van der Waals surface area contributed by atoms with Gasteiger partial charge in [0.1, 0.15) is 17.2 Å². The van der Waals surface area contributed by atoms with Gasteiger partial charge < -0.3 is 4.74 Å². The van der Waals surface area contributed by atoms with Crippen LogP contribution in [-0.4, -0.2) is 34.3 Å². The molecule has 0 fully saturated rings. The van der Waals surface area contributed by atoms with Crippen LogP contribution in [0, 0.1) is 5.82 Å². The van der Waals surface area contributed by atoms with E-state index in [-0.39, 0.29) is 5.02 Å². The van der Waals surface area contributed by atoms with Crippen molar-refractivity contribution < 1.29 is 13.9 Å². The van der Waals surface area contributed by atoms with E-state index in [1.807, 2.05) is 0 Å². The molecule has 25 heavy (non-hydrogen) atoms. The quantitative estimate of drug-likeness (QED) is 0.786. The van der Waals surface area contributed by atoms with E-state index < -0.39 is 23.3 Å². The normalized spacial score (nSPS) is 19.4. The highest BCUT2D eigenvalue weighted by Crippen LogP contribution is 2.22. The van der Waals surface area contributed by atoms with Crippen molar-refractivity contribution in [1.29, 1.82) is 0 Å². The number of rotatable bonds is 3. The molecule has 0 bridgehead atoms. The number of esters is 1. The number of carbonyl (C=O) groups excluding carboxylic acids is 1. The van der Waals surface area contributed by atoms with Gasteiger partial charge in [0.2, 0.25) is 0 Å². The lowest BCUT2D eigenvalue weighted by Gasteiger charge is -2.21. The summed E-state index contributed by atoms with van der Waals surface area (Å²) in [6.45, 7) is 3.99. The largest absolute Gasteiger partial charge is 0.457 e. The van der Waals surface area contributed by atoms with Crippen LogP contribution in [0.2, 0.25) is 5.02 Å². The minimum atomic E-state index is -0.737. The molecule has 1 aromatic carbocycles. The zero-order valence-electron chi connectivity index (χ0n) is 13.9. The first-order valence-corrected chi connectivity index (χ1v) is 8.20. The van der Waals surface area contributed by atoms with E-state index >= 15 is 0 Å². The summed E-state index contributed by atoms with van der Waals surface area (Å²) >= 11 is 5.79. The van der Waals surface area contributed by atoms with E-state index in [1.165, 1.54) is 12.3 Å². The van der Waals surface area contributed by atoms with Gasteiger partial charge in [0.25, 0.3) is 0 Å². The van der Waals surface area contributed by atoms with E-state index in [2.05, 4.69) is 15.0 Å². The Morgan fingerprint density at radius 3 is 2.76 bits per heavy atom. The average molecular weight is 362 g/mol. The molecule has 0 aliphatic carbocycles. The molecular weight excluding hydrogens is 345 g/mol. The van der Waals surface area contributed by atoms with Crippen LogP contribution in [0.15, 0.2) is 35.6 Å². The first kappa shape index (κ1) is 17.5. The molecule has 2 aromatic rings. The van der Waals surface area contributed by atoms with Crippen LogP contribution in [0.3, 0.4) is 0 Å². The Bertz CT molecular complexity index is 822. The molecule has 0 amide bonds. The Balaban J connectivity index is 1.78. The average Bonchev–Trinajstić information content (AvgIpc) is 2.69. The smallest absolute Gasteiger partial charge is 0.322 e. The molecule has 0 spiro atoms. The molecule has 1 atom stereocenters. The molecule has 0 saturated heterocycles. The Hall–Kier alpha value is -2.34. The Kier molecular flexibility index (Phi) is 4.81. The molecule has 5 nitrogen and oxygen atoms in total. The van der Waals surface area contributed by atoms with E-state index in [0.717, 1.165) is 0 Å². The van der Waals surface area contributed by atoms with Crippen LogP contribution < -0.4 is 0 Å². The lowest BCUT2D eigenvalue weighted by molar-refractivity contribution is -0.154. The summed E-state index contributed by atoms with van der Waals surface area (Å²) in [4.78, 5) is 24.9. The van der Waals surface area contributed by atoms with Gasteiger partial charge in [0.05, 0.1) is 11.6 Å². The molecule has 1 aliphatic rings. The predicted molar refractivity (Wildman–Crippen MR) is 92.5 cm³/mol. The predicted octanol–water partition coefficient (Wildman–Crippen LogP) is 3.35. The van der Waals surface area contributed by atoms with Crippen molar-refractivity contribution in [3.05, 3.63) is 58.4 Å². The van der Waals surface area contributed by atoms with Crippen LogP contribution >= 0.6 is 11.6 Å². The maximum absolute atomic E-state index is 14.0. The second kappa shape index (κ2) is 6.88. The second-order valence-corrected chi connectivity index (χ2v) is 6.89. The molecule has 1 unspecified atom stereocenters. The molecule has 0 radical (unpaired) electrons. The highest BCUT2D eigenvalue weighted by atomic mass is 35.5. The third-order valence-electron chi connectivity index (χ3n) is 3.79. The molecule has 0 N–H and O–H groups in total. The highest BCUT2D eigenvalue weighted by Gasteiger charge is 2.32. The van der Waals surface area contributed by atoms with E-state index in [4.69, 9.17) is 16.3 Å². The number of ether oxygens (including phenoxy) is 1. The van der Waals surface area contributed by atoms with E-state index in [1.54, 1.807) is 38.4 Å². The lowest BCUT2D eigenvalue weighted by atomic mass is 10.1. The van der Waals surface area contributed by atoms with Crippen LogP contribution in [0.25, 0.3) is 0 Å². The summed E-state index contributed by atoms with van der Waals surface area (Å²) in [6, 6.07) is 4.85. The summed E-state index contributed by atoms with van der Waals surface area (Å²) in [6.07, 6.45) is 4.96. The van der Waals surface area contributed by atoms with E-state index in [9.17, 15) is 9.18 Å². The fourth-order valence-corrected chi connectivity index (χ4v) is 2.69. The number of carbonyl (C=O) groups is 1. The van der Waals surface area contributed by atoms with Crippen molar-refractivity contribution in [2.24, 2.45) is 4.99 Å². The molecule has 130 valence electrons. The zero-order chi connectivity index (χ0) is 18.0. The van der Waals surface area contributed by atoms with Gasteiger partial charge in [-0.1, -0.05) is 23.7 Å². The molecule has 2 heterocycles. The van der Waals surface area contributed by atoms with Gasteiger partial charge in [-0.2, -0.15) is 0 Å². The van der Waals surface area contributed by atoms with Crippen molar-refractivity contribution in [3.63, 3.8) is 0 Å². The van der Waals surface area contributed by atoms with Crippen molar-refractivity contribution in [1.82, 2.24) is 9.97 Å². The first-order chi connectivity index (χ1) is 11.9. The van der Waals surface area contributed by atoms with Crippen molar-refractivity contribution >= 4 is 23.8 Å². The summed E-state index contributed by atoms with van der Waals surface area (Å²) in [5, 5.41) is 0.0788. The van der Waals surface area contributed by atoms with Crippen LogP contribution in [0.1, 0.15) is 36.7 Å². The maximum Gasteiger partial charge on any atom is 0.322 e. The van der Waals surface area contributed by atoms with Crippen molar-refractivity contribution in [2.75, 3.05) is 6.54 Å². The second-order valence-electron chi connectivity index (χ2n) is 6.49. The fraction of sp³-hybridized carbons (Fsp3) is 0.333. The maximum atomic E-state index is 14.0. The number of nitrogens with zero attached hydrogens (tertiary/aromatic N) is 3. The fourth-order valence-electron chi connectivity index (χ4n) is 2.50. The Morgan fingerprint density at radius 2 is 2.04 bits per heavy atom. The number of benzene rings is 1. The number of aromatic nitrogens is 2. The zero-order valence-corrected chi connectivity index (χ0v) is 14.6. The third kappa shape index (κ3) is 4.02. The van der Waals surface area contributed by atoms with Crippen LogP contribution in [0.5, 0.6) is 0 Å². The first-order valence-electron chi connectivity index (χ1n) is 7.82. The summed E-state index contributed by atoms with van der Waals surface area (Å²) in [5.74, 6) is -1.31. The van der Waals surface area contributed by atoms with Gasteiger partial charge in [-0.05, 0) is 31.0 Å². The van der Waals surface area contributed by atoms with Gasteiger partial charge in [-0.3, -0.25) is 9.79 Å². The highest BCUT2D eigenvalue weighted by molar-refractivity contribution is 6.30. The summed E-state index contributed by atoms with van der Waals surface area (Å²) in [7, 11) is 0. The van der Waals surface area contributed by atoms with Crippen LogP contribution in [-0.2, 0) is 16.0 Å². The standard InChI is InChI=1S/C18H17ClFN3O2/c1-18(2)10-21-9-13(17(24)25-18)16-22-7-11(8-23-16)6-12-4-3-5-14(19)15(12)20/h3-5,7-9,13H,6,10H2,1-2H3. The monoisotopic (exact) mass is 361 g/mol. The molecule has 1 aromatic heterocycles. The minimum absolute atomic E-state index is 0.0788. The van der Waals surface area contributed by atoms with Gasteiger partial charge in [-0.25, -0.2) is 14.4 Å². The Morgan fingerprint density at radius 1 is 1.32 bits per heavy atom. The number of aliphatic imine (C=N–C) groups is 1. The molecule has 3 rings (SSSR count). The topological polar surface area (TPSA) is 64.4 Å². The Labute approximate surface area is 149 Å². The van der Waals surface area contributed by atoms with Crippen molar-refractivity contribution in [2.45, 2.75) is 31.8 Å². The SMILES string of the molecule is CC1(C)CN=CC(c2ncc(Cc3cccc(Cl)c3F)cn2)C(=O)O1. The van der Waals surface area contributed by atoms with Gasteiger partial charge in [-0.15, -0.1) is 0 Å². The van der Waals surface area contributed by atoms with Gasteiger partial charge in [0, 0.05) is 25.0 Å². The molecule has 0 saturated carbocycles. The summed E-state index contributed by atoms with van der Waals surface area (Å²) < 4.78 is 19.4. The number of halogens is 2. The van der Waals surface area contributed by atoms with E-state index in [0.29, 0.717) is 29.9 Å². The summed E-state index contributed by atoms with van der Waals surface area (Å²) in [5.41, 5.74) is 0.525. The molecular formula is C18H17ClFN3O2. The number of cyclic esters (lactones) is 1. The van der Waals surface area contributed by atoms with Crippen molar-refractivity contribution in [3.8, 4) is 0 Å². The number of hydrogen-bond donors (Lipinski definition) is 0. The molecule has 7 heteroatoms. The van der Waals surface area contributed by atoms with Gasteiger partial charge in [0.15, 0.2) is 5.92 Å². The van der Waals surface area contributed by atoms with Crippen LogP contribution in [0.4, 0.5) is 4.39 Å². The minimum Gasteiger partial charge on any atom is -0.457 e. The van der Waals surface area contributed by atoms with Gasteiger partial charge >= 0.3 is 5.97 Å². The number of hydrogen-bond acceptors (Lipinski definition) is 5. The molecule has 1 aliphatic heterocycles. The lowest BCUT2D eigenvalue weighted by Crippen LogP contribution is -2.31. The third-order valence-corrected chi connectivity index (χ3v) is 4.08.